The summed E-state index contributed by atoms with van der Waals surface area (Å²) in [7, 11) is 7.60. The normalized spacial score (nSPS) is 13.6. The Labute approximate surface area is 712 Å². The van der Waals surface area contributed by atoms with Crippen LogP contribution in [-0.2, 0) is 86.3 Å². The van der Waals surface area contributed by atoms with Crippen LogP contribution in [0.1, 0.15) is 276 Å². The molecule has 16 amide bonds. The molecule has 0 spiro atoms. The van der Waals surface area contributed by atoms with Crippen LogP contribution in [0.3, 0.4) is 0 Å². The first-order chi connectivity index (χ1) is 56.9. The summed E-state index contributed by atoms with van der Waals surface area (Å²) in [5.41, 5.74) is 4.50. The minimum Gasteiger partial charge on any atom is -0.481 e. The molecule has 692 valence electrons. The van der Waals surface area contributed by atoms with Gasteiger partial charge in [0.2, 0.25) is 94.5 Å². The SMILES string of the molecule is CC[C@H](C)C(=O)N[C@@H](CCC(=O)NC)C(=O)NCCCCCCNC(=O)[C@H](CCC(=O)NC)NC(=O)[C@@H](C)CC.CC[C@H](C)C(=O)N[C@@H](CCC(=O)NC)C(=O)NCCCCCCNC(=O)[C@H](CCC(=O)NC)NC(=O)[C@@H](C)CC.CC[C@H](C)C(=O)N[C@@H](CCC(=O)O)C(=O)NCCCCCCNC(=O)[C@H](CCC(=O)O)NC(=O)[C@@H](C)CC.CN. The lowest BCUT2D eigenvalue weighted by atomic mass is 10.1. The monoisotopic (exact) mass is 1710 g/mol. The molecular weight excluding hydrogens is 1560 g/mol. The summed E-state index contributed by atoms with van der Waals surface area (Å²) >= 11 is 0. The van der Waals surface area contributed by atoms with Gasteiger partial charge in [-0.05, 0) is 123 Å². The first-order valence-corrected chi connectivity index (χ1v) is 43.2. The van der Waals surface area contributed by atoms with Crippen molar-refractivity contribution in [1.82, 2.24) is 85.1 Å². The standard InChI is InChI=1S/2C28H52N6O6.C26H46N4O8.CH5N/c2*1-7-19(3)25(37)33-21(13-15-23(35)29-5)27(39)31-17-11-9-10-12-18-32-28(40)22(14-16-24(36)30-6)34-26(38)20(4)8-2;1-5-17(3)23(35)29-19(11-13-21(31)32)25(37)27-15-9-7-8-10-16-28-26(38)20(12-14-22(33)34)30-24(36)18(4)6-2;1-2/h2*19-22H,7-18H2,1-6H3,(H,29,35)(H,30,36)(H,31,39)(H,32,40)(H,33,37)(H,34,38);17-20H,5-16H2,1-4H3,(H,27,37)(H,28,38)(H,29,35)(H,30,36)(H,31,32)(H,33,34);2H2,1H3/t2*19-,20-,21-,22-;17-,18-,19-,20-;/m000./s1. The van der Waals surface area contributed by atoms with Crippen molar-refractivity contribution in [3.8, 4) is 0 Å². The van der Waals surface area contributed by atoms with E-state index < -0.39 is 60.0 Å². The van der Waals surface area contributed by atoms with Gasteiger partial charge in [-0.3, -0.25) is 86.3 Å². The number of carboxylic acid groups (broad SMARTS) is 2. The molecule has 37 heteroatoms. The van der Waals surface area contributed by atoms with Gasteiger partial charge in [-0.2, -0.15) is 0 Å². The second-order valence-electron chi connectivity index (χ2n) is 29.9. The van der Waals surface area contributed by atoms with Crippen LogP contribution in [0.4, 0.5) is 0 Å². The summed E-state index contributed by atoms with van der Waals surface area (Å²) in [6, 6.07) is -4.90. The summed E-state index contributed by atoms with van der Waals surface area (Å²) in [5.74, 6) is -7.81. The second kappa shape index (κ2) is 73.4. The van der Waals surface area contributed by atoms with E-state index in [1.54, 1.807) is 41.5 Å². The summed E-state index contributed by atoms with van der Waals surface area (Å²) in [4.78, 5) is 217. The number of carbonyl (C=O) groups is 18. The van der Waals surface area contributed by atoms with Crippen molar-refractivity contribution in [3.63, 3.8) is 0 Å². The fourth-order valence-electron chi connectivity index (χ4n) is 10.6. The minimum absolute atomic E-state index is 0.00824. The molecule has 37 nitrogen and oxygen atoms in total. The molecule has 20 N–H and O–H groups in total. The maximum Gasteiger partial charge on any atom is 0.303 e. The van der Waals surface area contributed by atoms with E-state index in [9.17, 15) is 86.3 Å². The van der Waals surface area contributed by atoms with Crippen molar-refractivity contribution in [3.05, 3.63) is 0 Å². The zero-order chi connectivity index (χ0) is 92.1. The molecule has 0 rings (SSSR count). The molecular formula is C83H155N17O20. The molecule has 0 aromatic carbocycles. The van der Waals surface area contributed by atoms with Crippen LogP contribution < -0.4 is 90.8 Å². The van der Waals surface area contributed by atoms with E-state index >= 15 is 0 Å². The third-order valence-corrected chi connectivity index (χ3v) is 20.3. The number of hydrogen-bond acceptors (Lipinski definition) is 19. The van der Waals surface area contributed by atoms with Crippen molar-refractivity contribution >= 4 is 106 Å². The first kappa shape index (κ1) is 117. The number of carboxylic acids is 2. The van der Waals surface area contributed by atoms with Gasteiger partial charge in [-0.25, -0.2) is 0 Å². The minimum atomic E-state index is -1.04. The van der Waals surface area contributed by atoms with E-state index in [1.165, 1.54) is 35.2 Å². The largest absolute Gasteiger partial charge is 0.481 e. The average molecular weight is 1710 g/mol. The highest BCUT2D eigenvalue weighted by Gasteiger charge is 2.30. The lowest BCUT2D eigenvalue weighted by molar-refractivity contribution is -0.139. The third kappa shape index (κ3) is 59.2. The smallest absolute Gasteiger partial charge is 0.303 e. The highest BCUT2D eigenvalue weighted by molar-refractivity contribution is 5.93. The van der Waals surface area contributed by atoms with E-state index in [4.69, 9.17) is 10.2 Å². The van der Waals surface area contributed by atoms with E-state index in [2.05, 4.69) is 90.8 Å². The van der Waals surface area contributed by atoms with Crippen molar-refractivity contribution in [2.45, 2.75) is 312 Å². The van der Waals surface area contributed by atoms with E-state index in [0.717, 1.165) is 64.2 Å². The molecule has 0 aliphatic heterocycles. The third-order valence-electron chi connectivity index (χ3n) is 20.3. The fourth-order valence-corrected chi connectivity index (χ4v) is 10.6. The van der Waals surface area contributed by atoms with Gasteiger partial charge in [-0.15, -0.1) is 0 Å². The molecule has 0 fully saturated rings. The Morgan fingerprint density at radius 1 is 0.225 bits per heavy atom. The maximum absolute atomic E-state index is 12.7. The molecule has 0 aliphatic rings. The fraction of sp³-hybridized carbons (Fsp3) is 0.783. The number of unbranched alkanes of at least 4 members (excludes halogenated alkanes) is 9. The van der Waals surface area contributed by atoms with E-state index in [1.807, 2.05) is 41.5 Å². The van der Waals surface area contributed by atoms with Gasteiger partial charge in [0.1, 0.15) is 36.3 Å². The van der Waals surface area contributed by atoms with Crippen LogP contribution in [0, 0.1) is 35.5 Å². The van der Waals surface area contributed by atoms with Crippen LogP contribution in [0.5, 0.6) is 0 Å². The Hall–Kier alpha value is -9.58. The van der Waals surface area contributed by atoms with E-state index in [0.29, 0.717) is 90.6 Å². The number of amides is 16. The number of hydrogen-bond donors (Lipinski definition) is 19. The van der Waals surface area contributed by atoms with Crippen molar-refractivity contribution in [2.75, 3.05) is 74.5 Å². The Morgan fingerprint density at radius 3 is 0.475 bits per heavy atom. The van der Waals surface area contributed by atoms with Gasteiger partial charge in [0.25, 0.3) is 0 Å². The molecule has 0 bridgehead atoms. The van der Waals surface area contributed by atoms with Gasteiger partial charge in [-0.1, -0.05) is 122 Å². The topological polar surface area (TPSA) is 566 Å². The maximum atomic E-state index is 12.7. The van der Waals surface area contributed by atoms with Crippen LogP contribution in [-0.4, -0.2) is 227 Å². The number of nitrogens with two attached hydrogens (primary N) is 1. The molecule has 0 aromatic rings. The molecule has 0 unspecified atom stereocenters. The average Bonchev–Trinajstić information content (AvgIpc) is 0.932. The lowest BCUT2D eigenvalue weighted by Gasteiger charge is -2.20. The Kier molecular flexibility index (Phi) is 71.4. The Balaban J connectivity index is -0.000000832. The second-order valence-corrected chi connectivity index (χ2v) is 29.9. The predicted molar refractivity (Wildman–Crippen MR) is 459 cm³/mol. The summed E-state index contributed by atoms with van der Waals surface area (Å²) < 4.78 is 0. The van der Waals surface area contributed by atoms with Crippen molar-refractivity contribution in [2.24, 2.45) is 41.2 Å². The number of nitrogens with one attached hydrogen (secondary N) is 16. The molecule has 12 atom stereocenters. The molecule has 0 aromatic heterocycles. The van der Waals surface area contributed by atoms with Gasteiger partial charge in [0.15, 0.2) is 0 Å². The van der Waals surface area contributed by atoms with Crippen LogP contribution in [0.15, 0.2) is 0 Å². The molecule has 0 heterocycles. The van der Waals surface area contributed by atoms with Crippen molar-refractivity contribution in [1.29, 1.82) is 0 Å². The number of rotatable bonds is 63. The van der Waals surface area contributed by atoms with Crippen LogP contribution in [0.2, 0.25) is 0 Å². The quantitative estimate of drug-likeness (QED) is 0.0389. The number of carbonyl (C=O) groups excluding carboxylic acids is 16. The van der Waals surface area contributed by atoms with Crippen LogP contribution in [0.25, 0.3) is 0 Å². The number of aliphatic carboxylic acids is 2. The van der Waals surface area contributed by atoms with Crippen molar-refractivity contribution < 1.29 is 96.5 Å². The zero-order valence-electron chi connectivity index (χ0n) is 75.2. The summed E-state index contributed by atoms with van der Waals surface area (Å²) in [6.07, 6.45) is 13.8. The Bertz CT molecular complexity index is 2730. The highest BCUT2D eigenvalue weighted by Crippen LogP contribution is 2.13. The van der Waals surface area contributed by atoms with Crippen LogP contribution >= 0.6 is 0 Å². The van der Waals surface area contributed by atoms with E-state index in [-0.39, 0.29) is 195 Å². The van der Waals surface area contributed by atoms with Gasteiger partial charge >= 0.3 is 11.9 Å². The molecule has 0 saturated carbocycles. The highest BCUT2D eigenvalue weighted by atomic mass is 16.4. The van der Waals surface area contributed by atoms with Gasteiger partial charge < -0.3 is 101 Å². The summed E-state index contributed by atoms with van der Waals surface area (Å²) in [5, 5.41) is 61.1. The first-order valence-electron chi connectivity index (χ1n) is 43.2. The Morgan fingerprint density at radius 2 is 0.358 bits per heavy atom. The molecule has 0 aliphatic carbocycles. The van der Waals surface area contributed by atoms with Gasteiger partial charge in [0.05, 0.1) is 0 Å². The molecule has 0 radical (unpaired) electrons. The summed E-state index contributed by atoms with van der Waals surface area (Å²) in [6.45, 7) is 24.4. The zero-order valence-corrected chi connectivity index (χ0v) is 75.2. The molecule has 120 heavy (non-hydrogen) atoms. The molecule has 0 saturated heterocycles. The van der Waals surface area contributed by atoms with Gasteiger partial charge in [0, 0.05) is 141 Å². The predicted octanol–water partition coefficient (Wildman–Crippen LogP) is 2.93. The lowest BCUT2D eigenvalue weighted by Crippen LogP contribution is -2.48.